The average Bonchev–Trinajstić information content (AvgIpc) is 1.72. The van der Waals surface area contributed by atoms with Crippen LogP contribution in [0.4, 0.5) is 40.6 Å². The van der Waals surface area contributed by atoms with Gasteiger partial charge in [-0.15, -0.1) is 23.2 Å². The quantitative estimate of drug-likeness (QED) is 0.0201. The third-order valence-electron chi connectivity index (χ3n) is 14.2. The smallest absolute Gasteiger partial charge is 0.292 e. The van der Waals surface area contributed by atoms with Crippen molar-refractivity contribution in [2.75, 3.05) is 87.8 Å². The van der Waals surface area contributed by atoms with Gasteiger partial charge in [-0.1, -0.05) is 31.4 Å². The van der Waals surface area contributed by atoms with Crippen molar-refractivity contribution in [3.63, 3.8) is 0 Å². The predicted octanol–water partition coefficient (Wildman–Crippen LogP) is 3.42. The summed E-state index contributed by atoms with van der Waals surface area (Å²) in [6, 6.07) is 8.30. The van der Waals surface area contributed by atoms with Gasteiger partial charge in [0.15, 0.2) is 34.9 Å². The minimum atomic E-state index is -0.705. The van der Waals surface area contributed by atoms with E-state index in [1.807, 2.05) is 0 Å². The van der Waals surface area contributed by atoms with Crippen LogP contribution in [0.3, 0.4) is 0 Å². The number of nitrogens with one attached hydrogen (secondary N) is 10. The molecular formula is C59H77Cl2N23O10. The molecule has 6 aromatic heterocycles. The Hall–Kier alpha value is -10.4. The van der Waals surface area contributed by atoms with Gasteiger partial charge in [0.2, 0.25) is 58.6 Å². The molecule has 0 bridgehead atoms. The number of rotatable bonds is 35. The summed E-state index contributed by atoms with van der Waals surface area (Å²) in [7, 11) is 9.33. The van der Waals surface area contributed by atoms with E-state index in [0.29, 0.717) is 31.3 Å². The van der Waals surface area contributed by atoms with E-state index in [1.54, 1.807) is 21.1 Å². The van der Waals surface area contributed by atoms with Gasteiger partial charge >= 0.3 is 0 Å². The van der Waals surface area contributed by atoms with Crippen molar-refractivity contribution in [2.45, 2.75) is 71.1 Å². The summed E-state index contributed by atoms with van der Waals surface area (Å²) in [4.78, 5) is 155. The summed E-state index contributed by atoms with van der Waals surface area (Å²) < 4.78 is 8.39. The van der Waals surface area contributed by atoms with E-state index in [9.17, 15) is 47.9 Å². The highest BCUT2D eigenvalue weighted by atomic mass is 35.5. The average molecular weight is 1340 g/mol. The predicted molar refractivity (Wildman–Crippen MR) is 350 cm³/mol. The van der Waals surface area contributed by atoms with Crippen LogP contribution in [0, 0.1) is 0 Å². The molecule has 10 N–H and O–H groups in total. The Morgan fingerprint density at radius 3 is 1.10 bits per heavy atom. The molecule has 1 aromatic carbocycles. The van der Waals surface area contributed by atoms with Crippen LogP contribution in [-0.2, 0) is 67.9 Å². The lowest BCUT2D eigenvalue weighted by Gasteiger charge is -2.23. The molecule has 0 atom stereocenters. The minimum Gasteiger partial charge on any atom is -0.369 e. The van der Waals surface area contributed by atoms with Crippen molar-refractivity contribution in [1.29, 1.82) is 0 Å². The topological polar surface area (TPSA) is 401 Å². The normalized spacial score (nSPS) is 10.9. The fourth-order valence-electron chi connectivity index (χ4n) is 9.55. The van der Waals surface area contributed by atoms with E-state index in [0.717, 1.165) is 63.7 Å². The van der Waals surface area contributed by atoms with E-state index in [-0.39, 0.29) is 108 Å². The molecule has 0 fully saturated rings. The molecule has 94 heavy (non-hydrogen) atoms. The van der Waals surface area contributed by atoms with Crippen LogP contribution in [0.1, 0.15) is 134 Å². The number of carbonyl (C=O) groups is 10. The lowest BCUT2D eigenvalue weighted by molar-refractivity contribution is -0.122. The maximum Gasteiger partial charge on any atom is 0.292 e. The second-order valence-corrected chi connectivity index (χ2v) is 22.5. The molecule has 0 unspecified atom stereocenters. The standard InChI is InChI=1S/C59H77Cl2N23O10/c1-36(85)66-39-30-80(4)50(68-39)56(91)76-43-34-82(6)53(72-43)59(94)75-42-33-79(3)49(71-42)55(90)65-27-20-46(87)63-26-21-47(88)67-40-31-81(5)51(69-40)57(92)77-44-35-83(7)52(73-44)58(93)74-41-32-78(2)48(70-41)54(89)64-25-12-10-8-9-11-24-62-45(86)15-13-14-37-16-18-38(19-17-37)84(28-22-60)29-23-61/h16-19,30-35H,8-15,20-29H2,1-7H3,(H,62,86)(H,63,87)(H,64,89)(H,65,90)(H,66,85)(H,67,88)(H,74,93)(H,75,94)(H,76,91)(H,77,92). The molecule has 0 saturated heterocycles. The highest BCUT2D eigenvalue weighted by molar-refractivity contribution is 6.18. The Morgan fingerprint density at radius 2 is 0.691 bits per heavy atom. The number of carbonyl (C=O) groups excluding carboxylic acids is 10. The summed E-state index contributed by atoms with van der Waals surface area (Å²) in [6.07, 6.45) is 14.7. The first-order chi connectivity index (χ1) is 45.0. The van der Waals surface area contributed by atoms with Crippen molar-refractivity contribution in [1.82, 2.24) is 78.6 Å². The number of aryl methyl sites for hydroxylation is 7. The molecule has 10 amide bonds. The number of hydrogen-bond acceptors (Lipinski definition) is 17. The van der Waals surface area contributed by atoms with Gasteiger partial charge in [-0.3, -0.25) is 47.9 Å². The molecule has 0 saturated carbocycles. The highest BCUT2D eigenvalue weighted by Crippen LogP contribution is 2.20. The lowest BCUT2D eigenvalue weighted by Crippen LogP contribution is -2.33. The van der Waals surface area contributed by atoms with E-state index >= 15 is 0 Å². The van der Waals surface area contributed by atoms with Gasteiger partial charge in [0.05, 0.1) is 0 Å². The summed E-state index contributed by atoms with van der Waals surface area (Å²) >= 11 is 11.9. The van der Waals surface area contributed by atoms with Crippen LogP contribution < -0.4 is 58.1 Å². The zero-order valence-corrected chi connectivity index (χ0v) is 54.7. The SMILES string of the molecule is CC(=O)Nc1cn(C)c(C(=O)Nc2cn(C)c(C(=O)Nc3cn(C)c(C(=O)NCCC(=O)NCCC(=O)Nc4cn(C)c(C(=O)Nc5cn(C)c(C(=O)Nc6cn(C)c(C(=O)NCCCCCCCNC(=O)CCCc7ccc(N(CCCl)CCCl)cc7)n6)n5)n4)n3)n2)n1. The Labute approximate surface area is 550 Å². The van der Waals surface area contributed by atoms with Crippen LogP contribution in [0.5, 0.6) is 0 Å². The van der Waals surface area contributed by atoms with Crippen molar-refractivity contribution in [2.24, 2.45) is 42.3 Å². The highest BCUT2D eigenvalue weighted by Gasteiger charge is 2.24. The zero-order valence-electron chi connectivity index (χ0n) is 53.2. The number of hydrogen-bond donors (Lipinski definition) is 10. The molecule has 7 aromatic rings. The van der Waals surface area contributed by atoms with E-state index in [1.165, 1.54) is 98.2 Å². The number of aromatic nitrogens is 12. The number of imidazole rings is 6. The van der Waals surface area contributed by atoms with Crippen molar-refractivity contribution in [3.8, 4) is 0 Å². The molecular weight excluding hydrogens is 1260 g/mol. The largest absolute Gasteiger partial charge is 0.369 e. The number of benzene rings is 1. The second kappa shape index (κ2) is 34.3. The number of alkyl halides is 2. The van der Waals surface area contributed by atoms with Crippen LogP contribution in [0.15, 0.2) is 61.4 Å². The van der Waals surface area contributed by atoms with Crippen LogP contribution in [0.2, 0.25) is 0 Å². The molecule has 0 aliphatic rings. The molecule has 0 aliphatic heterocycles. The Bertz CT molecular complexity index is 3850. The summed E-state index contributed by atoms with van der Waals surface area (Å²) in [5, 5.41) is 26.5. The van der Waals surface area contributed by atoms with Gasteiger partial charge in [-0.2, -0.15) is 0 Å². The molecule has 33 nitrogen and oxygen atoms in total. The van der Waals surface area contributed by atoms with Crippen molar-refractivity contribution in [3.05, 3.63) is 102 Å². The van der Waals surface area contributed by atoms with Crippen LogP contribution in [0.25, 0.3) is 0 Å². The van der Waals surface area contributed by atoms with E-state index < -0.39 is 47.3 Å². The van der Waals surface area contributed by atoms with Gasteiger partial charge in [0, 0.05) is 162 Å². The number of amides is 10. The number of halogens is 2. The lowest BCUT2D eigenvalue weighted by atomic mass is 10.1. The summed E-state index contributed by atoms with van der Waals surface area (Å²) in [6.45, 7) is 3.64. The third kappa shape index (κ3) is 20.8. The molecule has 7 rings (SSSR count). The van der Waals surface area contributed by atoms with Crippen LogP contribution >= 0.6 is 23.2 Å². The van der Waals surface area contributed by atoms with Gasteiger partial charge in [-0.25, -0.2) is 29.9 Å². The monoisotopic (exact) mass is 1340 g/mol. The molecule has 0 aliphatic carbocycles. The first-order valence-electron chi connectivity index (χ1n) is 30.1. The fraction of sp³-hybridized carbons (Fsp3) is 0.424. The maximum atomic E-state index is 13.3. The summed E-state index contributed by atoms with van der Waals surface area (Å²) in [5.41, 5.74) is 2.25. The Balaban J connectivity index is 0.740. The molecule has 502 valence electrons. The number of nitrogens with zero attached hydrogens (tertiary/aromatic N) is 13. The number of anilines is 7. The maximum absolute atomic E-state index is 13.3. The first-order valence-corrected chi connectivity index (χ1v) is 31.1. The number of unbranched alkanes of at least 4 members (excludes halogenated alkanes) is 4. The zero-order chi connectivity index (χ0) is 68.0. The van der Waals surface area contributed by atoms with Crippen molar-refractivity contribution < 1.29 is 47.9 Å². The molecule has 6 heterocycles. The second-order valence-electron chi connectivity index (χ2n) is 21.8. The minimum absolute atomic E-state index is 0.0141. The Morgan fingerprint density at radius 1 is 0.372 bits per heavy atom. The molecule has 0 radical (unpaired) electrons. The van der Waals surface area contributed by atoms with Gasteiger partial charge in [0.25, 0.3) is 35.4 Å². The first kappa shape index (κ1) is 71.0. The molecule has 35 heteroatoms. The van der Waals surface area contributed by atoms with Gasteiger partial charge in [-0.05, 0) is 43.4 Å². The fourth-order valence-corrected chi connectivity index (χ4v) is 9.96. The van der Waals surface area contributed by atoms with Crippen LogP contribution in [-0.4, -0.2) is 167 Å². The van der Waals surface area contributed by atoms with E-state index in [2.05, 4.69) is 112 Å². The van der Waals surface area contributed by atoms with Crippen molar-refractivity contribution >= 4 is 123 Å². The third-order valence-corrected chi connectivity index (χ3v) is 14.5. The molecule has 0 spiro atoms. The van der Waals surface area contributed by atoms with Gasteiger partial charge in [0.1, 0.15) is 0 Å². The summed E-state index contributed by atoms with van der Waals surface area (Å²) in [5.74, 6) is -3.96. The van der Waals surface area contributed by atoms with E-state index in [4.69, 9.17) is 23.2 Å². The van der Waals surface area contributed by atoms with Gasteiger partial charge < -0.3 is 85.5 Å². The Kier molecular flexibility index (Phi) is 25.9.